The van der Waals surface area contributed by atoms with Crippen LogP contribution in [-0.2, 0) is 4.79 Å². The number of carbonyl (C=O) groups excluding carboxylic acids is 1. The lowest BCUT2D eigenvalue weighted by atomic mass is 9.98. The van der Waals surface area contributed by atoms with Crippen molar-refractivity contribution in [3.8, 4) is 0 Å². The van der Waals surface area contributed by atoms with Gasteiger partial charge < -0.3 is 11.1 Å². The first-order chi connectivity index (χ1) is 9.54. The van der Waals surface area contributed by atoms with Crippen molar-refractivity contribution in [1.29, 1.82) is 0 Å². The molecule has 0 bridgehead atoms. The molecular formula is C15H22FN3O. The van der Waals surface area contributed by atoms with Crippen LogP contribution in [0.15, 0.2) is 24.3 Å². The number of likely N-dealkylation sites (tertiary alicyclic amines) is 1. The van der Waals surface area contributed by atoms with Gasteiger partial charge in [0, 0.05) is 13.1 Å². The summed E-state index contributed by atoms with van der Waals surface area (Å²) in [5.74, 6) is -0.270. The van der Waals surface area contributed by atoms with Crippen LogP contribution < -0.4 is 11.1 Å². The van der Waals surface area contributed by atoms with Crippen LogP contribution in [0.25, 0.3) is 0 Å². The highest BCUT2D eigenvalue weighted by atomic mass is 19.1. The zero-order chi connectivity index (χ0) is 14.7. The number of halogens is 1. The largest absolute Gasteiger partial charge is 0.358 e. The van der Waals surface area contributed by atoms with Crippen molar-refractivity contribution in [3.63, 3.8) is 0 Å². The van der Waals surface area contributed by atoms with E-state index in [-0.39, 0.29) is 29.8 Å². The minimum absolute atomic E-state index is 0.00422. The number of nitrogens with zero attached hydrogens (tertiary/aromatic N) is 1. The summed E-state index contributed by atoms with van der Waals surface area (Å²) >= 11 is 0. The molecule has 1 aromatic rings. The van der Waals surface area contributed by atoms with E-state index in [0.29, 0.717) is 0 Å². The number of amides is 1. The van der Waals surface area contributed by atoms with Crippen molar-refractivity contribution in [3.05, 3.63) is 35.6 Å². The van der Waals surface area contributed by atoms with Crippen LogP contribution >= 0.6 is 0 Å². The maximum absolute atomic E-state index is 13.5. The first-order valence-electron chi connectivity index (χ1n) is 7.03. The van der Waals surface area contributed by atoms with E-state index in [1.807, 2.05) is 13.0 Å². The van der Waals surface area contributed by atoms with Crippen molar-refractivity contribution in [2.45, 2.75) is 37.9 Å². The van der Waals surface area contributed by atoms with Gasteiger partial charge in [0.05, 0.1) is 12.1 Å². The SMILES string of the molecule is CNC(=O)C1CCCN1C(c1cccc(F)c1)C(C)N. The summed E-state index contributed by atoms with van der Waals surface area (Å²) in [6, 6.07) is 5.98. The van der Waals surface area contributed by atoms with Crippen molar-refractivity contribution >= 4 is 5.91 Å². The molecule has 4 nitrogen and oxygen atoms in total. The van der Waals surface area contributed by atoms with Gasteiger partial charge in [-0.15, -0.1) is 0 Å². The highest BCUT2D eigenvalue weighted by Crippen LogP contribution is 2.31. The smallest absolute Gasteiger partial charge is 0.237 e. The number of nitrogens with one attached hydrogen (secondary N) is 1. The first kappa shape index (κ1) is 14.9. The van der Waals surface area contributed by atoms with Gasteiger partial charge in [-0.2, -0.15) is 0 Å². The van der Waals surface area contributed by atoms with Gasteiger partial charge in [0.1, 0.15) is 5.82 Å². The molecule has 3 unspecified atom stereocenters. The molecule has 3 N–H and O–H groups in total. The number of nitrogens with two attached hydrogens (primary N) is 1. The molecule has 1 aliphatic heterocycles. The first-order valence-corrected chi connectivity index (χ1v) is 7.03. The molecule has 1 fully saturated rings. The van der Waals surface area contributed by atoms with Gasteiger partial charge in [-0.25, -0.2) is 4.39 Å². The fourth-order valence-electron chi connectivity index (χ4n) is 3.06. The molecule has 1 amide bonds. The van der Waals surface area contributed by atoms with Crippen LogP contribution in [-0.4, -0.2) is 36.5 Å². The molecule has 3 atom stereocenters. The summed E-state index contributed by atoms with van der Waals surface area (Å²) in [5.41, 5.74) is 6.94. The third-order valence-electron chi connectivity index (χ3n) is 3.89. The Balaban J connectivity index is 2.31. The Bertz CT molecular complexity index is 478. The number of rotatable bonds is 4. The predicted molar refractivity (Wildman–Crippen MR) is 76.6 cm³/mol. The number of carbonyl (C=O) groups is 1. The third-order valence-corrected chi connectivity index (χ3v) is 3.89. The molecule has 0 radical (unpaired) electrons. The molecule has 0 aromatic heterocycles. The molecule has 2 rings (SSSR count). The third kappa shape index (κ3) is 2.99. The zero-order valence-electron chi connectivity index (χ0n) is 12.0. The monoisotopic (exact) mass is 279 g/mol. The molecule has 0 aliphatic carbocycles. The standard InChI is InChI=1S/C15H22FN3O/c1-10(17)14(11-5-3-6-12(16)9-11)19-8-4-7-13(19)15(20)18-2/h3,5-6,9-10,13-14H,4,7-8,17H2,1-2H3,(H,18,20). The Morgan fingerprint density at radius 2 is 2.30 bits per heavy atom. The van der Waals surface area contributed by atoms with Crippen LogP contribution in [0.3, 0.4) is 0 Å². The van der Waals surface area contributed by atoms with Crippen molar-refractivity contribution in [1.82, 2.24) is 10.2 Å². The Kier molecular flexibility index (Phi) is 4.73. The molecular weight excluding hydrogens is 257 g/mol. The normalized spacial score (nSPS) is 22.5. The molecule has 1 saturated heterocycles. The van der Waals surface area contributed by atoms with Crippen LogP contribution in [0, 0.1) is 5.82 Å². The summed E-state index contributed by atoms with van der Waals surface area (Å²) in [5, 5.41) is 2.70. The Morgan fingerprint density at radius 1 is 1.55 bits per heavy atom. The van der Waals surface area contributed by atoms with Gasteiger partial charge in [0.2, 0.25) is 5.91 Å². The maximum atomic E-state index is 13.5. The lowest BCUT2D eigenvalue weighted by Gasteiger charge is -2.35. The van der Waals surface area contributed by atoms with E-state index in [1.165, 1.54) is 12.1 Å². The van der Waals surface area contributed by atoms with Gasteiger partial charge in [0.25, 0.3) is 0 Å². The quantitative estimate of drug-likeness (QED) is 0.876. The Hall–Kier alpha value is -1.46. The molecule has 5 heteroatoms. The molecule has 1 heterocycles. The average Bonchev–Trinajstić information content (AvgIpc) is 2.87. The van der Waals surface area contributed by atoms with E-state index < -0.39 is 0 Å². The summed E-state index contributed by atoms with van der Waals surface area (Å²) in [7, 11) is 1.64. The second kappa shape index (κ2) is 6.33. The highest BCUT2D eigenvalue weighted by Gasteiger charge is 2.37. The highest BCUT2D eigenvalue weighted by molar-refractivity contribution is 5.81. The second-order valence-corrected chi connectivity index (χ2v) is 5.37. The van der Waals surface area contributed by atoms with Gasteiger partial charge in [-0.05, 0) is 44.0 Å². The van der Waals surface area contributed by atoms with Crippen LogP contribution in [0.1, 0.15) is 31.4 Å². The molecule has 1 aromatic carbocycles. The summed E-state index contributed by atoms with van der Waals surface area (Å²) < 4.78 is 13.5. The summed E-state index contributed by atoms with van der Waals surface area (Å²) in [6.45, 7) is 2.70. The van der Waals surface area contributed by atoms with E-state index >= 15 is 0 Å². The molecule has 0 saturated carbocycles. The number of hydrogen-bond donors (Lipinski definition) is 2. The van der Waals surface area contributed by atoms with Crippen LogP contribution in [0.4, 0.5) is 4.39 Å². The number of hydrogen-bond acceptors (Lipinski definition) is 3. The second-order valence-electron chi connectivity index (χ2n) is 5.37. The fourth-order valence-corrected chi connectivity index (χ4v) is 3.06. The van der Waals surface area contributed by atoms with Crippen molar-refractivity contribution in [2.24, 2.45) is 5.73 Å². The average molecular weight is 279 g/mol. The lowest BCUT2D eigenvalue weighted by Crippen LogP contribution is -2.48. The minimum Gasteiger partial charge on any atom is -0.358 e. The van der Waals surface area contributed by atoms with Crippen LogP contribution in [0.2, 0.25) is 0 Å². The molecule has 1 aliphatic rings. The van der Waals surface area contributed by atoms with E-state index in [1.54, 1.807) is 13.1 Å². The fraction of sp³-hybridized carbons (Fsp3) is 0.533. The number of benzene rings is 1. The van der Waals surface area contributed by atoms with Crippen molar-refractivity contribution in [2.75, 3.05) is 13.6 Å². The van der Waals surface area contributed by atoms with Crippen molar-refractivity contribution < 1.29 is 9.18 Å². The van der Waals surface area contributed by atoms with Gasteiger partial charge in [-0.1, -0.05) is 12.1 Å². The van der Waals surface area contributed by atoms with Gasteiger partial charge >= 0.3 is 0 Å². The molecule has 110 valence electrons. The van der Waals surface area contributed by atoms with Gasteiger partial charge in [0.15, 0.2) is 0 Å². The number of likely N-dealkylation sites (N-methyl/N-ethyl adjacent to an activating group) is 1. The van der Waals surface area contributed by atoms with E-state index in [9.17, 15) is 9.18 Å². The van der Waals surface area contributed by atoms with Crippen LogP contribution in [0.5, 0.6) is 0 Å². The topological polar surface area (TPSA) is 58.4 Å². The summed E-state index contributed by atoms with van der Waals surface area (Å²) in [6.07, 6.45) is 1.77. The lowest BCUT2D eigenvalue weighted by molar-refractivity contribution is -0.125. The van der Waals surface area contributed by atoms with E-state index in [0.717, 1.165) is 24.9 Å². The summed E-state index contributed by atoms with van der Waals surface area (Å²) in [4.78, 5) is 14.1. The van der Waals surface area contributed by atoms with E-state index in [2.05, 4.69) is 10.2 Å². The Morgan fingerprint density at radius 3 is 2.90 bits per heavy atom. The van der Waals surface area contributed by atoms with Gasteiger partial charge in [-0.3, -0.25) is 9.69 Å². The van der Waals surface area contributed by atoms with E-state index in [4.69, 9.17) is 5.73 Å². The predicted octanol–water partition coefficient (Wildman–Crippen LogP) is 1.42. The molecule has 20 heavy (non-hydrogen) atoms. The Labute approximate surface area is 119 Å². The molecule has 0 spiro atoms. The zero-order valence-corrected chi connectivity index (χ0v) is 12.0. The maximum Gasteiger partial charge on any atom is 0.237 e. The minimum atomic E-state index is -0.274.